The number of carboxylic acids is 1. The molecule has 1 N–H and O–H groups in total. The average molecular weight is 274 g/mol. The molecule has 20 heavy (non-hydrogen) atoms. The second-order valence-corrected chi connectivity index (χ2v) is 4.75. The first-order chi connectivity index (χ1) is 9.60. The first kappa shape index (κ1) is 14.1. The molecule has 0 saturated heterocycles. The van der Waals surface area contributed by atoms with Crippen molar-refractivity contribution in [3.8, 4) is 0 Å². The maximum atomic E-state index is 11.2. The van der Waals surface area contributed by atoms with Crippen LogP contribution in [0.1, 0.15) is 35.0 Å². The van der Waals surface area contributed by atoms with Crippen molar-refractivity contribution in [1.29, 1.82) is 0 Å². The SMILES string of the molecule is CCCc1cc(C(=O)O)cc(N(C)Cc2ccoc2)n1. The van der Waals surface area contributed by atoms with E-state index in [1.807, 2.05) is 24.9 Å². The normalized spacial score (nSPS) is 10.5. The molecule has 0 saturated carbocycles. The van der Waals surface area contributed by atoms with Crippen LogP contribution in [-0.2, 0) is 13.0 Å². The number of aromatic carboxylic acids is 1. The number of carboxylic acid groups (broad SMARTS) is 1. The van der Waals surface area contributed by atoms with Gasteiger partial charge in [0.15, 0.2) is 0 Å². The van der Waals surface area contributed by atoms with Crippen LogP contribution in [-0.4, -0.2) is 23.1 Å². The van der Waals surface area contributed by atoms with Gasteiger partial charge in [-0.25, -0.2) is 9.78 Å². The zero-order chi connectivity index (χ0) is 14.5. The molecular formula is C15H18N2O3. The Hall–Kier alpha value is -2.30. The maximum Gasteiger partial charge on any atom is 0.335 e. The van der Waals surface area contributed by atoms with E-state index in [-0.39, 0.29) is 5.56 Å². The summed E-state index contributed by atoms with van der Waals surface area (Å²) in [7, 11) is 1.89. The number of hydrogen-bond donors (Lipinski definition) is 1. The summed E-state index contributed by atoms with van der Waals surface area (Å²) < 4.78 is 5.03. The van der Waals surface area contributed by atoms with Gasteiger partial charge >= 0.3 is 5.97 Å². The fourth-order valence-corrected chi connectivity index (χ4v) is 2.01. The van der Waals surface area contributed by atoms with Crippen molar-refractivity contribution in [2.45, 2.75) is 26.3 Å². The summed E-state index contributed by atoms with van der Waals surface area (Å²) >= 11 is 0. The average Bonchev–Trinajstić information content (AvgIpc) is 2.91. The molecule has 2 heterocycles. The molecule has 0 fully saturated rings. The van der Waals surface area contributed by atoms with Gasteiger partial charge in [0.2, 0.25) is 0 Å². The van der Waals surface area contributed by atoms with Crippen LogP contribution >= 0.6 is 0 Å². The van der Waals surface area contributed by atoms with Gasteiger partial charge in [-0.05, 0) is 24.6 Å². The van der Waals surface area contributed by atoms with Crippen LogP contribution in [0.2, 0.25) is 0 Å². The standard InChI is InChI=1S/C15H18N2O3/c1-3-4-13-7-12(15(18)19)8-14(16-13)17(2)9-11-5-6-20-10-11/h5-8,10H,3-4,9H2,1-2H3,(H,18,19). The summed E-state index contributed by atoms with van der Waals surface area (Å²) in [5.41, 5.74) is 2.10. The minimum atomic E-state index is -0.928. The number of aryl methyl sites for hydroxylation is 1. The summed E-state index contributed by atoms with van der Waals surface area (Å²) in [6.45, 7) is 2.67. The first-order valence-electron chi connectivity index (χ1n) is 6.56. The molecule has 2 rings (SSSR count). The van der Waals surface area contributed by atoms with Crippen molar-refractivity contribution < 1.29 is 14.3 Å². The number of carbonyl (C=O) groups is 1. The second-order valence-electron chi connectivity index (χ2n) is 4.75. The van der Waals surface area contributed by atoms with E-state index in [1.54, 1.807) is 24.7 Å². The summed E-state index contributed by atoms with van der Waals surface area (Å²) in [6.07, 6.45) is 4.99. The minimum Gasteiger partial charge on any atom is -0.478 e. The first-order valence-corrected chi connectivity index (χ1v) is 6.56. The Bertz CT molecular complexity index is 579. The van der Waals surface area contributed by atoms with Crippen LogP contribution in [0.5, 0.6) is 0 Å². The predicted octanol–water partition coefficient (Wildman–Crippen LogP) is 2.96. The lowest BCUT2D eigenvalue weighted by atomic mass is 10.1. The molecule has 0 aliphatic rings. The number of aromatic nitrogens is 1. The smallest absolute Gasteiger partial charge is 0.335 e. The largest absolute Gasteiger partial charge is 0.478 e. The third-order valence-corrected chi connectivity index (χ3v) is 3.01. The molecule has 0 unspecified atom stereocenters. The van der Waals surface area contributed by atoms with Crippen LogP contribution in [0.4, 0.5) is 5.82 Å². The summed E-state index contributed by atoms with van der Waals surface area (Å²) in [5, 5.41) is 9.18. The second kappa shape index (κ2) is 6.23. The van der Waals surface area contributed by atoms with E-state index < -0.39 is 5.97 Å². The van der Waals surface area contributed by atoms with Crippen molar-refractivity contribution >= 4 is 11.8 Å². The lowest BCUT2D eigenvalue weighted by Crippen LogP contribution is -2.18. The van der Waals surface area contributed by atoms with E-state index >= 15 is 0 Å². The van der Waals surface area contributed by atoms with Gasteiger partial charge in [0.05, 0.1) is 18.1 Å². The van der Waals surface area contributed by atoms with Crippen LogP contribution in [0.3, 0.4) is 0 Å². The Morgan fingerprint density at radius 3 is 2.85 bits per heavy atom. The zero-order valence-electron chi connectivity index (χ0n) is 11.7. The monoisotopic (exact) mass is 274 g/mol. The Kier molecular flexibility index (Phi) is 4.40. The molecule has 5 heteroatoms. The van der Waals surface area contributed by atoms with Crippen molar-refractivity contribution in [3.63, 3.8) is 0 Å². The zero-order valence-corrected chi connectivity index (χ0v) is 11.7. The van der Waals surface area contributed by atoms with Crippen molar-refractivity contribution in [1.82, 2.24) is 4.98 Å². The number of nitrogens with zero attached hydrogens (tertiary/aromatic N) is 2. The lowest BCUT2D eigenvalue weighted by Gasteiger charge is -2.18. The summed E-state index contributed by atoms with van der Waals surface area (Å²) in [5.74, 6) is -0.266. The third-order valence-electron chi connectivity index (χ3n) is 3.01. The molecule has 0 atom stereocenters. The molecule has 0 spiro atoms. The van der Waals surface area contributed by atoms with Crippen molar-refractivity contribution in [2.24, 2.45) is 0 Å². The molecular weight excluding hydrogens is 256 g/mol. The quantitative estimate of drug-likeness (QED) is 0.877. The van der Waals surface area contributed by atoms with E-state index in [0.717, 1.165) is 24.1 Å². The van der Waals surface area contributed by atoms with E-state index in [0.29, 0.717) is 12.4 Å². The highest BCUT2D eigenvalue weighted by Crippen LogP contribution is 2.17. The fraction of sp³-hybridized carbons (Fsp3) is 0.333. The van der Waals surface area contributed by atoms with Crippen LogP contribution < -0.4 is 4.90 Å². The molecule has 5 nitrogen and oxygen atoms in total. The molecule has 0 amide bonds. The Morgan fingerprint density at radius 2 is 2.25 bits per heavy atom. The Balaban J connectivity index is 2.26. The number of furan rings is 1. The van der Waals surface area contributed by atoms with Gasteiger partial charge in [-0.3, -0.25) is 0 Å². The van der Waals surface area contributed by atoms with Gasteiger partial charge in [0.1, 0.15) is 5.82 Å². The topological polar surface area (TPSA) is 66.6 Å². The van der Waals surface area contributed by atoms with E-state index in [9.17, 15) is 9.90 Å². The highest BCUT2D eigenvalue weighted by atomic mass is 16.4. The van der Waals surface area contributed by atoms with Crippen LogP contribution in [0, 0.1) is 0 Å². The van der Waals surface area contributed by atoms with Gasteiger partial charge in [-0.2, -0.15) is 0 Å². The molecule has 0 bridgehead atoms. The van der Waals surface area contributed by atoms with Gasteiger partial charge < -0.3 is 14.4 Å². The van der Waals surface area contributed by atoms with Gasteiger partial charge in [-0.15, -0.1) is 0 Å². The van der Waals surface area contributed by atoms with Gasteiger partial charge in [0.25, 0.3) is 0 Å². The Morgan fingerprint density at radius 1 is 1.45 bits per heavy atom. The van der Waals surface area contributed by atoms with Crippen molar-refractivity contribution in [2.75, 3.05) is 11.9 Å². The molecule has 0 aliphatic carbocycles. The lowest BCUT2D eigenvalue weighted by molar-refractivity contribution is 0.0696. The molecule has 0 aliphatic heterocycles. The number of anilines is 1. The minimum absolute atomic E-state index is 0.275. The number of pyridine rings is 1. The molecule has 2 aromatic heterocycles. The number of rotatable bonds is 6. The number of hydrogen-bond acceptors (Lipinski definition) is 4. The van der Waals surface area contributed by atoms with Crippen LogP contribution in [0.15, 0.2) is 35.1 Å². The Labute approximate surface area is 117 Å². The predicted molar refractivity (Wildman–Crippen MR) is 76.0 cm³/mol. The van der Waals surface area contributed by atoms with Gasteiger partial charge in [0, 0.05) is 24.8 Å². The summed E-state index contributed by atoms with van der Waals surface area (Å²) in [4.78, 5) is 17.6. The molecule has 0 aromatic carbocycles. The van der Waals surface area contributed by atoms with Crippen molar-refractivity contribution in [3.05, 3.63) is 47.5 Å². The summed E-state index contributed by atoms with van der Waals surface area (Å²) in [6, 6.07) is 5.12. The highest BCUT2D eigenvalue weighted by molar-refractivity contribution is 5.88. The van der Waals surface area contributed by atoms with Crippen LogP contribution in [0.25, 0.3) is 0 Å². The van der Waals surface area contributed by atoms with E-state index in [1.165, 1.54) is 0 Å². The fourth-order valence-electron chi connectivity index (χ4n) is 2.01. The third kappa shape index (κ3) is 3.38. The molecule has 0 radical (unpaired) electrons. The maximum absolute atomic E-state index is 11.2. The van der Waals surface area contributed by atoms with E-state index in [2.05, 4.69) is 4.98 Å². The van der Waals surface area contributed by atoms with E-state index in [4.69, 9.17) is 4.42 Å². The highest BCUT2D eigenvalue weighted by Gasteiger charge is 2.11. The molecule has 2 aromatic rings. The van der Waals surface area contributed by atoms with Gasteiger partial charge in [-0.1, -0.05) is 13.3 Å². The molecule has 106 valence electrons.